The standard InChI is InChI=1S/C32H33NO/c1-21(10-13-28-20-33-31-9-7-6-8-30(28)31)16-29(26-14-11-22(2)24(4)17-26)19-32(34)27-15-12-23(3)25(5)18-27/h6-19,28,33-34H,1,20H2,2-5H3/b13-10+,29-16+,32-19-. The van der Waals surface area contributed by atoms with Crippen LogP contribution in [-0.4, -0.2) is 11.7 Å². The van der Waals surface area contributed by atoms with Gasteiger partial charge in [-0.2, -0.15) is 0 Å². The van der Waals surface area contributed by atoms with Gasteiger partial charge in [0.2, 0.25) is 0 Å². The van der Waals surface area contributed by atoms with Gasteiger partial charge in [0.1, 0.15) is 5.76 Å². The fourth-order valence-corrected chi connectivity index (χ4v) is 4.23. The van der Waals surface area contributed by atoms with Gasteiger partial charge in [-0.25, -0.2) is 0 Å². The molecule has 0 fully saturated rings. The topological polar surface area (TPSA) is 32.3 Å². The number of anilines is 1. The maximum Gasteiger partial charge on any atom is 0.123 e. The van der Waals surface area contributed by atoms with E-state index in [-0.39, 0.29) is 5.76 Å². The molecule has 1 unspecified atom stereocenters. The highest BCUT2D eigenvalue weighted by Gasteiger charge is 2.18. The van der Waals surface area contributed by atoms with Gasteiger partial charge in [-0.3, -0.25) is 0 Å². The number of hydrogen-bond acceptors (Lipinski definition) is 2. The third kappa shape index (κ3) is 5.23. The van der Waals surface area contributed by atoms with Crippen molar-refractivity contribution in [3.8, 4) is 0 Å². The molecule has 0 aliphatic carbocycles. The predicted octanol–water partition coefficient (Wildman–Crippen LogP) is 8.22. The van der Waals surface area contributed by atoms with E-state index in [1.54, 1.807) is 0 Å². The highest BCUT2D eigenvalue weighted by Crippen LogP contribution is 2.32. The molecule has 2 N–H and O–H groups in total. The van der Waals surface area contributed by atoms with E-state index in [0.29, 0.717) is 5.92 Å². The molecule has 0 bridgehead atoms. The fraction of sp³-hybridized carbons (Fsp3) is 0.188. The third-order valence-corrected chi connectivity index (χ3v) is 6.69. The van der Waals surface area contributed by atoms with Crippen molar-refractivity contribution >= 4 is 17.0 Å². The molecule has 172 valence electrons. The maximum atomic E-state index is 11.0. The zero-order valence-corrected chi connectivity index (χ0v) is 20.5. The van der Waals surface area contributed by atoms with Crippen LogP contribution in [0.3, 0.4) is 0 Å². The Kier molecular flexibility index (Phi) is 6.88. The zero-order chi connectivity index (χ0) is 24.2. The number of rotatable bonds is 6. The average Bonchev–Trinajstić information content (AvgIpc) is 3.24. The number of hydrogen-bond donors (Lipinski definition) is 2. The second kappa shape index (κ2) is 10.0. The minimum Gasteiger partial charge on any atom is -0.507 e. The number of para-hydroxylation sites is 1. The normalized spacial score (nSPS) is 15.9. The Bertz CT molecular complexity index is 1320. The van der Waals surface area contributed by atoms with Gasteiger partial charge < -0.3 is 10.4 Å². The first-order valence-corrected chi connectivity index (χ1v) is 11.8. The first-order valence-electron chi connectivity index (χ1n) is 11.8. The highest BCUT2D eigenvalue weighted by atomic mass is 16.3. The van der Waals surface area contributed by atoms with Crippen LogP contribution in [0.1, 0.15) is 44.9 Å². The second-order valence-corrected chi connectivity index (χ2v) is 9.24. The van der Waals surface area contributed by atoms with E-state index in [2.05, 4.69) is 94.2 Å². The van der Waals surface area contributed by atoms with E-state index in [9.17, 15) is 5.11 Å². The first kappa shape index (κ1) is 23.4. The molecule has 2 heteroatoms. The predicted molar refractivity (Wildman–Crippen MR) is 146 cm³/mol. The van der Waals surface area contributed by atoms with Crippen molar-refractivity contribution < 1.29 is 5.11 Å². The van der Waals surface area contributed by atoms with Crippen LogP contribution in [0.2, 0.25) is 0 Å². The van der Waals surface area contributed by atoms with Crippen LogP contribution in [0.4, 0.5) is 5.69 Å². The van der Waals surface area contributed by atoms with Gasteiger partial charge in [0.25, 0.3) is 0 Å². The molecule has 4 rings (SSSR count). The van der Waals surface area contributed by atoms with Crippen LogP contribution >= 0.6 is 0 Å². The summed E-state index contributed by atoms with van der Waals surface area (Å²) >= 11 is 0. The number of aryl methyl sites for hydroxylation is 4. The summed E-state index contributed by atoms with van der Waals surface area (Å²) < 4.78 is 0. The lowest BCUT2D eigenvalue weighted by Gasteiger charge is -2.10. The molecule has 0 saturated heterocycles. The highest BCUT2D eigenvalue weighted by molar-refractivity contribution is 5.83. The number of aliphatic hydroxyl groups excluding tert-OH is 1. The van der Waals surface area contributed by atoms with Gasteiger partial charge in [-0.15, -0.1) is 0 Å². The largest absolute Gasteiger partial charge is 0.507 e. The van der Waals surface area contributed by atoms with Gasteiger partial charge in [-0.05, 0) is 96.5 Å². The number of fused-ring (bicyclic) bond motifs is 1. The molecule has 1 atom stereocenters. The molecular weight excluding hydrogens is 414 g/mol. The lowest BCUT2D eigenvalue weighted by molar-refractivity contribution is 0.512. The van der Waals surface area contributed by atoms with Gasteiger partial charge in [0, 0.05) is 23.7 Å². The smallest absolute Gasteiger partial charge is 0.123 e. The molecular formula is C32H33NO. The van der Waals surface area contributed by atoms with Crippen LogP contribution in [0.15, 0.2) is 97.1 Å². The van der Waals surface area contributed by atoms with Crippen LogP contribution in [-0.2, 0) is 0 Å². The molecule has 1 aliphatic rings. The molecule has 1 aliphatic heterocycles. The summed E-state index contributed by atoms with van der Waals surface area (Å²) in [5, 5.41) is 14.4. The SMILES string of the molecule is C=C(/C=C/C1CNc2ccccc21)/C=C(\C=C(/O)c1ccc(C)c(C)c1)c1ccc(C)c(C)c1. The summed E-state index contributed by atoms with van der Waals surface area (Å²) in [7, 11) is 0. The van der Waals surface area contributed by atoms with Crippen molar-refractivity contribution in [3.05, 3.63) is 136 Å². The van der Waals surface area contributed by atoms with Crippen LogP contribution in [0.5, 0.6) is 0 Å². The molecule has 0 aromatic heterocycles. The molecule has 0 spiro atoms. The minimum atomic E-state index is 0.248. The Morgan fingerprint density at radius 2 is 1.50 bits per heavy atom. The summed E-state index contributed by atoms with van der Waals surface area (Å²) in [6, 6.07) is 20.9. The van der Waals surface area contributed by atoms with E-state index in [4.69, 9.17) is 0 Å². The summed E-state index contributed by atoms with van der Waals surface area (Å²) in [6.45, 7) is 13.5. The van der Waals surface area contributed by atoms with Gasteiger partial charge in [0.15, 0.2) is 0 Å². The molecule has 0 radical (unpaired) electrons. The van der Waals surface area contributed by atoms with Gasteiger partial charge >= 0.3 is 0 Å². The van der Waals surface area contributed by atoms with Gasteiger partial charge in [-0.1, -0.05) is 67.3 Å². The Balaban J connectivity index is 1.66. The Labute approximate surface area is 203 Å². The zero-order valence-electron chi connectivity index (χ0n) is 20.5. The van der Waals surface area contributed by atoms with Crippen molar-refractivity contribution in [2.24, 2.45) is 0 Å². The Morgan fingerprint density at radius 3 is 2.21 bits per heavy atom. The molecule has 34 heavy (non-hydrogen) atoms. The van der Waals surface area contributed by atoms with Crippen LogP contribution < -0.4 is 5.32 Å². The molecule has 1 heterocycles. The molecule has 0 amide bonds. The fourth-order valence-electron chi connectivity index (χ4n) is 4.23. The van der Waals surface area contributed by atoms with E-state index in [1.807, 2.05) is 30.4 Å². The minimum absolute atomic E-state index is 0.248. The van der Waals surface area contributed by atoms with Crippen LogP contribution in [0, 0.1) is 27.7 Å². The van der Waals surface area contributed by atoms with Crippen molar-refractivity contribution in [1.82, 2.24) is 0 Å². The first-order chi connectivity index (χ1) is 16.3. The number of benzene rings is 3. The van der Waals surface area contributed by atoms with E-state index < -0.39 is 0 Å². The summed E-state index contributed by atoms with van der Waals surface area (Å²) in [6.07, 6.45) is 8.19. The average molecular weight is 448 g/mol. The van der Waals surface area contributed by atoms with Crippen molar-refractivity contribution in [2.75, 3.05) is 11.9 Å². The monoisotopic (exact) mass is 447 g/mol. The number of nitrogens with one attached hydrogen (secondary N) is 1. The lowest BCUT2D eigenvalue weighted by Crippen LogP contribution is -1.98. The van der Waals surface area contributed by atoms with Crippen molar-refractivity contribution in [2.45, 2.75) is 33.6 Å². The maximum absolute atomic E-state index is 11.0. The van der Waals surface area contributed by atoms with Gasteiger partial charge in [0.05, 0.1) is 0 Å². The Hall–Kier alpha value is -3.78. The van der Waals surface area contributed by atoms with E-state index >= 15 is 0 Å². The van der Waals surface area contributed by atoms with E-state index in [0.717, 1.165) is 34.4 Å². The lowest BCUT2D eigenvalue weighted by atomic mass is 9.96. The second-order valence-electron chi connectivity index (χ2n) is 9.24. The summed E-state index contributed by atoms with van der Waals surface area (Å²) in [5.41, 5.74) is 11.0. The number of aliphatic hydroxyl groups is 1. The van der Waals surface area contributed by atoms with Crippen LogP contribution in [0.25, 0.3) is 11.3 Å². The third-order valence-electron chi connectivity index (χ3n) is 6.69. The molecule has 3 aromatic rings. The summed E-state index contributed by atoms with van der Waals surface area (Å²) in [5.74, 6) is 0.573. The van der Waals surface area contributed by atoms with E-state index in [1.165, 1.54) is 27.9 Å². The number of allylic oxidation sites excluding steroid dienone is 5. The van der Waals surface area contributed by atoms with Crippen molar-refractivity contribution in [1.29, 1.82) is 0 Å². The summed E-state index contributed by atoms with van der Waals surface area (Å²) in [4.78, 5) is 0. The van der Waals surface area contributed by atoms with Crippen molar-refractivity contribution in [3.63, 3.8) is 0 Å². The molecule has 3 aromatic carbocycles. The molecule has 0 saturated carbocycles. The quantitative estimate of drug-likeness (QED) is 0.295. The molecule has 2 nitrogen and oxygen atoms in total. The Morgan fingerprint density at radius 1 is 0.853 bits per heavy atom.